The molecule has 0 aliphatic carbocycles. The molecule has 0 unspecified atom stereocenters. The van der Waals surface area contributed by atoms with Crippen LogP contribution in [0, 0.1) is 5.82 Å². The van der Waals surface area contributed by atoms with Gasteiger partial charge in [0.05, 0.1) is 6.61 Å². The number of para-hydroxylation sites is 1. The second-order valence-electron chi connectivity index (χ2n) is 7.38. The Labute approximate surface area is 164 Å². The molecule has 4 rings (SSSR count). The van der Waals surface area contributed by atoms with Crippen LogP contribution in [0.2, 0.25) is 0 Å². The van der Waals surface area contributed by atoms with E-state index in [0.29, 0.717) is 31.1 Å². The van der Waals surface area contributed by atoms with E-state index in [-0.39, 0.29) is 11.7 Å². The molecule has 1 amide bonds. The van der Waals surface area contributed by atoms with E-state index in [4.69, 9.17) is 4.74 Å². The number of piperidine rings is 1. The normalized spacial score (nSPS) is 15.1. The molecule has 1 aromatic heterocycles. The molecule has 3 aromatic rings. The third-order valence-corrected chi connectivity index (χ3v) is 5.44. The van der Waals surface area contributed by atoms with Crippen molar-refractivity contribution in [3.63, 3.8) is 0 Å². The van der Waals surface area contributed by atoms with E-state index < -0.39 is 0 Å². The number of carbonyl (C=O) groups excluding carboxylic acids is 1. The van der Waals surface area contributed by atoms with E-state index in [9.17, 15) is 9.18 Å². The Morgan fingerprint density at radius 3 is 2.71 bits per heavy atom. The first-order chi connectivity index (χ1) is 13.7. The van der Waals surface area contributed by atoms with Crippen LogP contribution in [0.4, 0.5) is 4.39 Å². The number of nitrogens with one attached hydrogen (secondary N) is 1. The van der Waals surface area contributed by atoms with Crippen molar-refractivity contribution in [2.24, 2.45) is 0 Å². The molecular weight excluding hydrogens is 355 g/mol. The van der Waals surface area contributed by atoms with Gasteiger partial charge in [0.2, 0.25) is 5.91 Å². The number of carbonyl (C=O) groups is 1. The van der Waals surface area contributed by atoms with Gasteiger partial charge in [0.15, 0.2) is 0 Å². The molecule has 2 heterocycles. The first kappa shape index (κ1) is 18.5. The minimum Gasteiger partial charge on any atom is -0.493 e. The maximum absolute atomic E-state index is 13.1. The van der Waals surface area contributed by atoms with Crippen LogP contribution < -0.4 is 4.74 Å². The van der Waals surface area contributed by atoms with Crippen molar-refractivity contribution in [1.82, 2.24) is 9.88 Å². The Balaban J connectivity index is 1.21. The van der Waals surface area contributed by atoms with E-state index in [1.54, 1.807) is 12.1 Å². The Morgan fingerprint density at radius 1 is 1.11 bits per heavy atom. The van der Waals surface area contributed by atoms with Crippen LogP contribution in [0.1, 0.15) is 37.3 Å². The lowest BCUT2D eigenvalue weighted by Gasteiger charge is -2.31. The molecule has 0 bridgehead atoms. The molecule has 0 radical (unpaired) electrons. The van der Waals surface area contributed by atoms with E-state index in [1.807, 2.05) is 11.0 Å². The summed E-state index contributed by atoms with van der Waals surface area (Å²) < 4.78 is 18.6. The van der Waals surface area contributed by atoms with E-state index in [0.717, 1.165) is 25.9 Å². The van der Waals surface area contributed by atoms with Gasteiger partial charge in [0.1, 0.15) is 11.6 Å². The Morgan fingerprint density at radius 2 is 1.93 bits per heavy atom. The van der Waals surface area contributed by atoms with Crippen molar-refractivity contribution in [1.29, 1.82) is 0 Å². The molecule has 0 saturated carbocycles. The van der Waals surface area contributed by atoms with Crippen molar-refractivity contribution < 1.29 is 13.9 Å². The lowest BCUT2D eigenvalue weighted by Crippen LogP contribution is -2.38. The second kappa shape index (κ2) is 8.46. The summed E-state index contributed by atoms with van der Waals surface area (Å²) in [5, 5.41) is 1.24. The van der Waals surface area contributed by atoms with Gasteiger partial charge in [-0.3, -0.25) is 4.79 Å². The maximum atomic E-state index is 13.1. The predicted molar refractivity (Wildman–Crippen MR) is 108 cm³/mol. The van der Waals surface area contributed by atoms with E-state index >= 15 is 0 Å². The number of benzene rings is 2. The Hall–Kier alpha value is -2.82. The number of nitrogens with zero attached hydrogens (tertiary/aromatic N) is 1. The number of H-pyrrole nitrogens is 1. The highest BCUT2D eigenvalue weighted by molar-refractivity contribution is 5.80. The molecule has 1 N–H and O–H groups in total. The van der Waals surface area contributed by atoms with Gasteiger partial charge in [0, 0.05) is 42.7 Å². The molecule has 1 aliphatic rings. The number of fused-ring (bicyclic) bond motifs is 1. The van der Waals surface area contributed by atoms with Gasteiger partial charge >= 0.3 is 0 Å². The van der Waals surface area contributed by atoms with Gasteiger partial charge in [0.25, 0.3) is 0 Å². The number of ether oxygens (including phenoxy) is 1. The van der Waals surface area contributed by atoms with E-state index in [1.165, 1.54) is 28.7 Å². The van der Waals surface area contributed by atoms with Crippen LogP contribution in [-0.4, -0.2) is 35.5 Å². The van der Waals surface area contributed by atoms with Gasteiger partial charge in [-0.2, -0.15) is 0 Å². The minimum atomic E-state index is -0.314. The smallest absolute Gasteiger partial charge is 0.222 e. The highest BCUT2D eigenvalue weighted by Crippen LogP contribution is 2.30. The number of aromatic amines is 1. The second-order valence-corrected chi connectivity index (χ2v) is 7.38. The van der Waals surface area contributed by atoms with Crippen molar-refractivity contribution in [3.8, 4) is 5.75 Å². The van der Waals surface area contributed by atoms with Crippen LogP contribution in [0.25, 0.3) is 10.9 Å². The fraction of sp³-hybridized carbons (Fsp3) is 0.348. The van der Waals surface area contributed by atoms with Crippen LogP contribution >= 0.6 is 0 Å². The van der Waals surface area contributed by atoms with Crippen LogP contribution in [0.5, 0.6) is 5.75 Å². The first-order valence-electron chi connectivity index (χ1n) is 9.93. The molecule has 1 saturated heterocycles. The monoisotopic (exact) mass is 380 g/mol. The number of halogens is 1. The third kappa shape index (κ3) is 4.35. The van der Waals surface area contributed by atoms with Crippen molar-refractivity contribution >= 4 is 16.8 Å². The van der Waals surface area contributed by atoms with Crippen LogP contribution in [-0.2, 0) is 4.79 Å². The Bertz CT molecular complexity index is 911. The number of hydrogen-bond acceptors (Lipinski definition) is 2. The molecule has 0 atom stereocenters. The third-order valence-electron chi connectivity index (χ3n) is 5.44. The van der Waals surface area contributed by atoms with Crippen LogP contribution in [0.3, 0.4) is 0 Å². The molecule has 146 valence electrons. The largest absolute Gasteiger partial charge is 0.493 e. The molecule has 2 aromatic carbocycles. The van der Waals surface area contributed by atoms with Crippen molar-refractivity contribution in [3.05, 3.63) is 66.1 Å². The molecule has 1 aliphatic heterocycles. The fourth-order valence-corrected chi connectivity index (χ4v) is 3.88. The predicted octanol–water partition coefficient (Wildman–Crippen LogP) is 4.87. The SMILES string of the molecule is O=C(CCCOc1cccc(F)c1)N1CCC(c2cc3ccccc3[nH]2)CC1. The molecular formula is C23H25FN2O2. The number of likely N-dealkylation sites (tertiary alicyclic amines) is 1. The molecule has 4 nitrogen and oxygen atoms in total. The Kier molecular flexibility index (Phi) is 5.60. The number of amides is 1. The van der Waals surface area contributed by atoms with Gasteiger partial charge < -0.3 is 14.6 Å². The zero-order chi connectivity index (χ0) is 19.3. The number of aromatic nitrogens is 1. The number of rotatable bonds is 6. The lowest BCUT2D eigenvalue weighted by atomic mass is 9.93. The van der Waals surface area contributed by atoms with Crippen LogP contribution in [0.15, 0.2) is 54.6 Å². The average molecular weight is 380 g/mol. The zero-order valence-electron chi connectivity index (χ0n) is 15.9. The average Bonchev–Trinajstić information content (AvgIpc) is 3.15. The van der Waals surface area contributed by atoms with Crippen molar-refractivity contribution in [2.45, 2.75) is 31.6 Å². The van der Waals surface area contributed by atoms with Gasteiger partial charge in [-0.15, -0.1) is 0 Å². The zero-order valence-corrected chi connectivity index (χ0v) is 15.9. The molecule has 1 fully saturated rings. The highest BCUT2D eigenvalue weighted by atomic mass is 19.1. The molecule has 5 heteroatoms. The summed E-state index contributed by atoms with van der Waals surface area (Å²) in [6.07, 6.45) is 3.07. The summed E-state index contributed by atoms with van der Waals surface area (Å²) in [6, 6.07) is 16.6. The summed E-state index contributed by atoms with van der Waals surface area (Å²) in [5.41, 5.74) is 2.45. The minimum absolute atomic E-state index is 0.179. The molecule has 0 spiro atoms. The summed E-state index contributed by atoms with van der Waals surface area (Å²) in [4.78, 5) is 17.9. The fourth-order valence-electron chi connectivity index (χ4n) is 3.88. The lowest BCUT2D eigenvalue weighted by molar-refractivity contribution is -0.132. The molecule has 28 heavy (non-hydrogen) atoms. The topological polar surface area (TPSA) is 45.3 Å². The quantitative estimate of drug-likeness (QED) is 0.620. The summed E-state index contributed by atoms with van der Waals surface area (Å²) in [5.74, 6) is 0.851. The maximum Gasteiger partial charge on any atom is 0.222 e. The standard InChI is InChI=1S/C23H25FN2O2/c24-19-6-3-7-20(16-19)28-14-4-9-23(27)26-12-10-17(11-13-26)22-15-18-5-1-2-8-21(18)25-22/h1-3,5-8,15-17,25H,4,9-14H2. The number of hydrogen-bond donors (Lipinski definition) is 1. The summed E-state index contributed by atoms with van der Waals surface area (Å²) in [7, 11) is 0. The summed E-state index contributed by atoms with van der Waals surface area (Å²) >= 11 is 0. The summed E-state index contributed by atoms with van der Waals surface area (Å²) in [6.45, 7) is 2.01. The first-order valence-corrected chi connectivity index (χ1v) is 9.93. The van der Waals surface area contributed by atoms with Gasteiger partial charge in [-0.25, -0.2) is 4.39 Å². The van der Waals surface area contributed by atoms with Gasteiger partial charge in [-0.1, -0.05) is 24.3 Å². The highest BCUT2D eigenvalue weighted by Gasteiger charge is 2.24. The van der Waals surface area contributed by atoms with Gasteiger partial charge in [-0.05, 0) is 48.9 Å². The van der Waals surface area contributed by atoms with E-state index in [2.05, 4.69) is 29.2 Å². The van der Waals surface area contributed by atoms with Crippen molar-refractivity contribution in [2.75, 3.05) is 19.7 Å².